The zero-order valence-corrected chi connectivity index (χ0v) is 15.9. The van der Waals surface area contributed by atoms with Crippen LogP contribution in [0.2, 0.25) is 0 Å². The van der Waals surface area contributed by atoms with Crippen molar-refractivity contribution < 1.29 is 10.0 Å². The van der Waals surface area contributed by atoms with Crippen molar-refractivity contribution in [2.24, 2.45) is 5.92 Å². The number of likely N-dealkylation sites (tertiary alicyclic amines) is 1. The van der Waals surface area contributed by atoms with Gasteiger partial charge in [0.1, 0.15) is 11.4 Å². The Morgan fingerprint density at radius 3 is 2.77 bits per heavy atom. The molecule has 5 heterocycles. The number of hydrogen-bond donors (Lipinski definition) is 2. The van der Waals surface area contributed by atoms with Crippen LogP contribution in [0.1, 0.15) is 28.5 Å². The number of piperidine rings is 1. The third kappa shape index (κ3) is 3.06. The first-order valence-corrected chi connectivity index (χ1v) is 9.66. The first kappa shape index (κ1) is 18.5. The lowest BCUT2D eigenvalue weighted by molar-refractivity contribution is 0.0588. The van der Waals surface area contributed by atoms with E-state index in [1.807, 2.05) is 12.1 Å². The largest absolute Gasteiger partial charge is 0.733 e. The van der Waals surface area contributed by atoms with Gasteiger partial charge in [-0.25, -0.2) is 0 Å². The lowest BCUT2D eigenvalue weighted by Crippen LogP contribution is -2.49. The number of pyridine rings is 2. The molecule has 0 spiro atoms. The summed E-state index contributed by atoms with van der Waals surface area (Å²) in [7, 11) is 0. The molecular formula is C20H19N6O4-. The summed E-state index contributed by atoms with van der Waals surface area (Å²) in [5.74, 6) is -0.0508. The van der Waals surface area contributed by atoms with Crippen LogP contribution in [0, 0.1) is 11.1 Å². The fourth-order valence-corrected chi connectivity index (χ4v) is 4.52. The van der Waals surface area contributed by atoms with E-state index in [9.17, 15) is 14.8 Å². The number of aromatic nitrogens is 4. The van der Waals surface area contributed by atoms with E-state index in [1.54, 1.807) is 34.0 Å². The van der Waals surface area contributed by atoms with Gasteiger partial charge in [0.25, 0.3) is 11.5 Å². The molecule has 10 nitrogen and oxygen atoms in total. The Labute approximate surface area is 170 Å². The molecule has 3 aromatic heterocycles. The van der Waals surface area contributed by atoms with Gasteiger partial charge in [-0.05, 0) is 42.7 Å². The molecule has 0 aliphatic carbocycles. The number of fused-ring (bicyclic) bond motifs is 4. The van der Waals surface area contributed by atoms with Crippen molar-refractivity contribution in [1.29, 1.82) is 0 Å². The molecule has 0 aromatic carbocycles. The Hall–Kier alpha value is -3.50. The summed E-state index contributed by atoms with van der Waals surface area (Å²) in [4.78, 5) is 31.4. The lowest BCUT2D eigenvalue weighted by Gasteiger charge is -2.43. The summed E-state index contributed by atoms with van der Waals surface area (Å²) in [5.41, 5.74) is 1.94. The second kappa shape index (κ2) is 7.08. The molecule has 2 atom stereocenters. The number of amides is 1. The normalized spacial score (nSPS) is 20.0. The van der Waals surface area contributed by atoms with Crippen molar-refractivity contribution in [2.45, 2.75) is 18.9 Å². The van der Waals surface area contributed by atoms with Gasteiger partial charge in [0.2, 0.25) is 0 Å². The molecular weight excluding hydrogens is 388 g/mol. The molecule has 30 heavy (non-hydrogen) atoms. The van der Waals surface area contributed by atoms with Crippen LogP contribution >= 0.6 is 0 Å². The van der Waals surface area contributed by atoms with E-state index in [-0.39, 0.29) is 23.4 Å². The second-order valence-electron chi connectivity index (χ2n) is 7.74. The number of nitrogens with zero attached hydrogens (tertiary/aromatic N) is 5. The van der Waals surface area contributed by atoms with Crippen LogP contribution in [0.5, 0.6) is 0 Å². The van der Waals surface area contributed by atoms with Crippen molar-refractivity contribution in [2.75, 3.05) is 18.3 Å². The molecule has 3 aromatic rings. The highest BCUT2D eigenvalue weighted by molar-refractivity contribution is 5.93. The molecule has 2 bridgehead atoms. The average Bonchev–Trinajstić information content (AvgIpc) is 3.24. The molecule has 0 saturated carbocycles. The maximum absolute atomic E-state index is 13.1. The van der Waals surface area contributed by atoms with E-state index in [0.29, 0.717) is 31.0 Å². The van der Waals surface area contributed by atoms with E-state index in [2.05, 4.69) is 15.2 Å². The number of anilines is 1. The minimum absolute atomic E-state index is 0.00964. The Bertz CT molecular complexity index is 1160. The van der Waals surface area contributed by atoms with Gasteiger partial charge in [-0.2, -0.15) is 5.10 Å². The van der Waals surface area contributed by atoms with E-state index in [0.717, 1.165) is 17.7 Å². The predicted octanol–water partition coefficient (Wildman–Crippen LogP) is 1.59. The van der Waals surface area contributed by atoms with E-state index < -0.39 is 10.8 Å². The van der Waals surface area contributed by atoms with Gasteiger partial charge in [-0.1, -0.05) is 0 Å². The van der Waals surface area contributed by atoms with Gasteiger partial charge in [0.05, 0.1) is 5.69 Å². The van der Waals surface area contributed by atoms with Crippen molar-refractivity contribution in [3.63, 3.8) is 0 Å². The number of nitrogens with one attached hydrogen (secondary N) is 1. The average molecular weight is 407 g/mol. The van der Waals surface area contributed by atoms with Crippen molar-refractivity contribution in [3.05, 3.63) is 69.7 Å². The van der Waals surface area contributed by atoms with Gasteiger partial charge in [0, 0.05) is 49.2 Å². The number of carbonyl (C=O) groups excluding carboxylic acids is 1. The maximum atomic E-state index is 13.1. The van der Waals surface area contributed by atoms with Crippen molar-refractivity contribution in [1.82, 2.24) is 24.6 Å². The number of H-pyrrole nitrogens is 1. The van der Waals surface area contributed by atoms with E-state index >= 15 is 0 Å². The highest BCUT2D eigenvalue weighted by Crippen LogP contribution is 2.36. The fraction of sp³-hybridized carbons (Fsp3) is 0.300. The Kier molecular flexibility index (Phi) is 4.37. The molecule has 154 valence electrons. The van der Waals surface area contributed by atoms with Gasteiger partial charge in [0.15, 0.2) is 0 Å². The molecule has 10 heteroatoms. The van der Waals surface area contributed by atoms with Gasteiger partial charge in [-0.15, -0.1) is 0 Å². The summed E-state index contributed by atoms with van der Waals surface area (Å²) in [5, 5.41) is 27.0. The summed E-state index contributed by atoms with van der Waals surface area (Å²) >= 11 is 0. The smallest absolute Gasteiger partial charge is 0.275 e. The summed E-state index contributed by atoms with van der Waals surface area (Å²) in [6, 6.07) is 8.40. The summed E-state index contributed by atoms with van der Waals surface area (Å²) < 4.78 is 1.55. The topological polar surface area (TPSA) is 130 Å². The first-order chi connectivity index (χ1) is 14.5. The van der Waals surface area contributed by atoms with Crippen LogP contribution in [0.4, 0.5) is 5.69 Å². The molecule has 2 N–H and O–H groups in total. The first-order valence-electron chi connectivity index (χ1n) is 9.66. The van der Waals surface area contributed by atoms with Crippen molar-refractivity contribution in [3.8, 4) is 11.3 Å². The van der Waals surface area contributed by atoms with Crippen LogP contribution in [-0.2, 0) is 6.54 Å². The molecule has 0 radical (unpaired) electrons. The van der Waals surface area contributed by atoms with Crippen LogP contribution in [0.3, 0.4) is 0 Å². The summed E-state index contributed by atoms with van der Waals surface area (Å²) in [6.07, 6.45) is 4.21. The van der Waals surface area contributed by atoms with E-state index in [4.69, 9.17) is 5.21 Å². The minimum atomic E-state index is -0.505. The molecule has 2 aliphatic rings. The fourth-order valence-electron chi connectivity index (χ4n) is 4.52. The Morgan fingerprint density at radius 1 is 1.20 bits per heavy atom. The molecule has 0 unspecified atom stereocenters. The standard InChI is InChI=1S/C20H19N6O4/c27-19(16-8-15(22-23-16)13-3-5-21-6-4-13)24-9-12-7-14(11-24)17-1-2-18(26(29)30)20(28)25(17)10-12/h1-6,8,12,14,29H,7,9-11H2,(H,22,23)/q-1/t12-,14-/m0/s1. The SMILES string of the molecule is O=C(c1cc(-c2ccncc2)n[nH]1)N1C[C@@H]2C[C@@H](C1)c1ccc(N([O-])O)c(=O)n1C2. The Balaban J connectivity index is 1.39. The monoisotopic (exact) mass is 407 g/mol. The molecule has 5 rings (SSSR count). The quantitative estimate of drug-likeness (QED) is 0.630. The lowest BCUT2D eigenvalue weighted by atomic mass is 9.83. The van der Waals surface area contributed by atoms with Crippen molar-refractivity contribution >= 4 is 11.6 Å². The van der Waals surface area contributed by atoms with Crippen LogP contribution < -0.4 is 10.8 Å². The third-order valence-corrected chi connectivity index (χ3v) is 5.86. The van der Waals surface area contributed by atoms with Gasteiger partial charge < -0.3 is 19.9 Å². The molecule has 1 fully saturated rings. The number of aromatic amines is 1. The second-order valence-corrected chi connectivity index (χ2v) is 7.74. The summed E-state index contributed by atoms with van der Waals surface area (Å²) in [6.45, 7) is 1.38. The predicted molar refractivity (Wildman–Crippen MR) is 107 cm³/mol. The highest BCUT2D eigenvalue weighted by atomic mass is 16.8. The van der Waals surface area contributed by atoms with Crippen LogP contribution in [0.15, 0.2) is 47.5 Å². The maximum Gasteiger partial charge on any atom is 0.275 e. The van der Waals surface area contributed by atoms with Gasteiger partial charge >= 0.3 is 0 Å². The number of carbonyl (C=O) groups is 1. The third-order valence-electron chi connectivity index (χ3n) is 5.86. The minimum Gasteiger partial charge on any atom is -0.733 e. The van der Waals surface area contributed by atoms with Crippen LogP contribution in [-0.4, -0.2) is 48.9 Å². The van der Waals surface area contributed by atoms with Gasteiger partial charge in [-0.3, -0.25) is 24.9 Å². The molecule has 1 saturated heterocycles. The van der Waals surface area contributed by atoms with E-state index in [1.165, 1.54) is 6.07 Å². The zero-order valence-electron chi connectivity index (χ0n) is 15.9. The Morgan fingerprint density at radius 2 is 2.00 bits per heavy atom. The molecule has 1 amide bonds. The zero-order chi connectivity index (χ0) is 20.8. The number of rotatable bonds is 3. The number of hydrogen-bond acceptors (Lipinski definition) is 7. The highest BCUT2D eigenvalue weighted by Gasteiger charge is 2.37. The van der Waals surface area contributed by atoms with Crippen LogP contribution in [0.25, 0.3) is 11.3 Å². The molecule has 2 aliphatic heterocycles.